The number of alkyl halides is 1. The molecule has 1 heterocycles. The molecule has 0 aliphatic rings. The minimum absolute atomic E-state index is 0.0866. The van der Waals surface area contributed by atoms with Crippen molar-refractivity contribution in [3.8, 4) is 0 Å². The smallest absolute Gasteiger partial charge is 0.316 e. The fourth-order valence-corrected chi connectivity index (χ4v) is 0.857. The molecule has 0 saturated heterocycles. The lowest BCUT2D eigenvalue weighted by Crippen LogP contribution is -2.36. The molecule has 0 fully saturated rings. The number of carbonyl (C=O) groups is 2. The van der Waals surface area contributed by atoms with Gasteiger partial charge in [-0.15, -0.1) is 11.6 Å². The number of carbonyl (C=O) groups excluding carboxylic acids is 2. The standard InChI is InChI=1S/C8H9ClN4O2/c9-2-5-10-6(14)7(15)13-8-11-3-1-4-12-8/h1,3-4H,2,5H2,(H,10,14)(H,11,12,13,15). The number of hydrogen-bond acceptors (Lipinski definition) is 4. The molecule has 2 N–H and O–H groups in total. The lowest BCUT2D eigenvalue weighted by Gasteiger charge is -2.02. The van der Waals surface area contributed by atoms with Gasteiger partial charge in [0.2, 0.25) is 5.95 Å². The average molecular weight is 229 g/mol. The zero-order valence-electron chi connectivity index (χ0n) is 7.74. The van der Waals surface area contributed by atoms with Crippen molar-refractivity contribution >= 4 is 29.4 Å². The van der Waals surface area contributed by atoms with Crippen LogP contribution < -0.4 is 10.6 Å². The molecule has 0 spiro atoms. The van der Waals surface area contributed by atoms with Gasteiger partial charge in [-0.3, -0.25) is 14.9 Å². The Morgan fingerprint density at radius 2 is 1.93 bits per heavy atom. The van der Waals surface area contributed by atoms with Crippen LogP contribution >= 0.6 is 11.6 Å². The molecule has 0 aromatic carbocycles. The van der Waals surface area contributed by atoms with E-state index in [-0.39, 0.29) is 18.4 Å². The maximum atomic E-state index is 11.2. The van der Waals surface area contributed by atoms with E-state index < -0.39 is 11.8 Å². The van der Waals surface area contributed by atoms with Gasteiger partial charge in [-0.2, -0.15) is 0 Å². The summed E-state index contributed by atoms with van der Waals surface area (Å²) in [6.45, 7) is 0.240. The van der Waals surface area contributed by atoms with Gasteiger partial charge in [-0.1, -0.05) is 0 Å². The van der Waals surface area contributed by atoms with Gasteiger partial charge in [0.15, 0.2) is 0 Å². The van der Waals surface area contributed by atoms with Crippen molar-refractivity contribution in [3.05, 3.63) is 18.5 Å². The highest BCUT2D eigenvalue weighted by Gasteiger charge is 2.13. The predicted octanol–water partition coefficient (Wildman–Crippen LogP) is -0.230. The molecule has 0 bridgehead atoms. The Morgan fingerprint density at radius 3 is 2.53 bits per heavy atom. The summed E-state index contributed by atoms with van der Waals surface area (Å²) in [5.74, 6) is -1.24. The fourth-order valence-electron chi connectivity index (χ4n) is 0.763. The lowest BCUT2D eigenvalue weighted by atomic mass is 10.5. The molecule has 0 atom stereocenters. The highest BCUT2D eigenvalue weighted by atomic mass is 35.5. The third kappa shape index (κ3) is 3.90. The van der Waals surface area contributed by atoms with E-state index in [4.69, 9.17) is 11.6 Å². The first-order valence-corrected chi connectivity index (χ1v) is 4.69. The van der Waals surface area contributed by atoms with Crippen LogP contribution in [0.1, 0.15) is 0 Å². The zero-order valence-corrected chi connectivity index (χ0v) is 8.49. The van der Waals surface area contributed by atoms with E-state index in [9.17, 15) is 9.59 Å². The normalized spacial score (nSPS) is 9.40. The first-order chi connectivity index (χ1) is 7.24. The Balaban J connectivity index is 2.45. The van der Waals surface area contributed by atoms with Crippen molar-refractivity contribution in [2.45, 2.75) is 0 Å². The first-order valence-electron chi connectivity index (χ1n) is 4.16. The SMILES string of the molecule is O=C(NCCCl)C(=O)Nc1ncccn1. The predicted molar refractivity (Wildman–Crippen MR) is 54.4 cm³/mol. The third-order valence-electron chi connectivity index (χ3n) is 1.38. The molecule has 1 aromatic heterocycles. The van der Waals surface area contributed by atoms with E-state index in [1.54, 1.807) is 6.07 Å². The van der Waals surface area contributed by atoms with Gasteiger partial charge in [-0.25, -0.2) is 9.97 Å². The molecule has 0 saturated carbocycles. The van der Waals surface area contributed by atoms with E-state index in [1.807, 2.05) is 0 Å². The van der Waals surface area contributed by atoms with E-state index in [0.717, 1.165) is 0 Å². The summed E-state index contributed by atoms with van der Waals surface area (Å²) in [6, 6.07) is 1.60. The van der Waals surface area contributed by atoms with Crippen LogP contribution in [0.5, 0.6) is 0 Å². The molecule has 6 nitrogen and oxygen atoms in total. The Kier molecular flexibility index (Phi) is 4.49. The number of amides is 2. The lowest BCUT2D eigenvalue weighted by molar-refractivity contribution is -0.136. The van der Waals surface area contributed by atoms with E-state index in [0.29, 0.717) is 0 Å². The van der Waals surface area contributed by atoms with Gasteiger partial charge < -0.3 is 5.32 Å². The third-order valence-corrected chi connectivity index (χ3v) is 1.57. The minimum Gasteiger partial charge on any atom is -0.347 e. The van der Waals surface area contributed by atoms with Crippen molar-refractivity contribution in [1.82, 2.24) is 15.3 Å². The molecule has 80 valence electrons. The second kappa shape index (κ2) is 5.92. The highest BCUT2D eigenvalue weighted by Crippen LogP contribution is 1.93. The van der Waals surface area contributed by atoms with Crippen molar-refractivity contribution < 1.29 is 9.59 Å². The number of aromatic nitrogens is 2. The number of halogens is 1. The summed E-state index contributed by atoms with van der Waals surface area (Å²) < 4.78 is 0. The molecule has 0 radical (unpaired) electrons. The van der Waals surface area contributed by atoms with Crippen LogP contribution in [0.4, 0.5) is 5.95 Å². The van der Waals surface area contributed by atoms with Crippen molar-refractivity contribution in [1.29, 1.82) is 0 Å². The summed E-state index contributed by atoms with van der Waals surface area (Å²) >= 11 is 5.34. The van der Waals surface area contributed by atoms with Crippen LogP contribution in [0.3, 0.4) is 0 Å². The fraction of sp³-hybridized carbons (Fsp3) is 0.250. The van der Waals surface area contributed by atoms with Crippen molar-refractivity contribution in [2.24, 2.45) is 0 Å². The zero-order chi connectivity index (χ0) is 11.1. The Labute approximate surface area is 91.1 Å². The van der Waals surface area contributed by atoms with Gasteiger partial charge in [0.25, 0.3) is 0 Å². The van der Waals surface area contributed by atoms with Crippen LogP contribution in [0.25, 0.3) is 0 Å². The van der Waals surface area contributed by atoms with E-state index >= 15 is 0 Å². The Hall–Kier alpha value is -1.69. The number of rotatable bonds is 3. The van der Waals surface area contributed by atoms with Gasteiger partial charge in [0.05, 0.1) is 0 Å². The summed E-state index contributed by atoms with van der Waals surface area (Å²) in [7, 11) is 0. The second-order valence-electron chi connectivity index (χ2n) is 2.47. The molecule has 7 heteroatoms. The van der Waals surface area contributed by atoms with E-state index in [1.165, 1.54) is 12.4 Å². The molecular formula is C8H9ClN4O2. The van der Waals surface area contributed by atoms with Crippen LogP contribution in [0.15, 0.2) is 18.5 Å². The maximum Gasteiger partial charge on any atom is 0.316 e. The molecule has 15 heavy (non-hydrogen) atoms. The molecule has 1 aromatic rings. The number of nitrogens with one attached hydrogen (secondary N) is 2. The van der Waals surface area contributed by atoms with Gasteiger partial charge in [0.1, 0.15) is 0 Å². The minimum atomic E-state index is -0.814. The molecular weight excluding hydrogens is 220 g/mol. The van der Waals surface area contributed by atoms with Crippen molar-refractivity contribution in [3.63, 3.8) is 0 Å². The average Bonchev–Trinajstić information content (AvgIpc) is 2.27. The molecule has 2 amide bonds. The van der Waals surface area contributed by atoms with Crippen LogP contribution in [-0.2, 0) is 9.59 Å². The summed E-state index contributed by atoms with van der Waals surface area (Å²) in [6.07, 6.45) is 2.92. The Bertz CT molecular complexity index is 344. The van der Waals surface area contributed by atoms with E-state index in [2.05, 4.69) is 20.6 Å². The number of nitrogens with zero attached hydrogens (tertiary/aromatic N) is 2. The molecule has 0 unspecified atom stereocenters. The van der Waals surface area contributed by atoms with Crippen LogP contribution in [0, 0.1) is 0 Å². The van der Waals surface area contributed by atoms with Crippen molar-refractivity contribution in [2.75, 3.05) is 17.7 Å². The molecule has 0 aliphatic heterocycles. The molecule has 0 aliphatic carbocycles. The van der Waals surface area contributed by atoms with Gasteiger partial charge >= 0.3 is 11.8 Å². The second-order valence-corrected chi connectivity index (χ2v) is 2.85. The number of hydrogen-bond donors (Lipinski definition) is 2. The highest BCUT2D eigenvalue weighted by molar-refractivity contribution is 6.39. The quantitative estimate of drug-likeness (QED) is 0.553. The maximum absolute atomic E-state index is 11.2. The monoisotopic (exact) mass is 228 g/mol. The topological polar surface area (TPSA) is 84.0 Å². The summed E-state index contributed by atoms with van der Waals surface area (Å²) in [5, 5.41) is 4.55. The summed E-state index contributed by atoms with van der Waals surface area (Å²) in [4.78, 5) is 29.7. The number of anilines is 1. The molecule has 1 rings (SSSR count). The van der Waals surface area contributed by atoms with Crippen LogP contribution in [-0.4, -0.2) is 34.2 Å². The van der Waals surface area contributed by atoms with Gasteiger partial charge in [0, 0.05) is 24.8 Å². The Morgan fingerprint density at radius 1 is 1.27 bits per heavy atom. The summed E-state index contributed by atoms with van der Waals surface area (Å²) in [5.41, 5.74) is 0. The van der Waals surface area contributed by atoms with Gasteiger partial charge in [-0.05, 0) is 6.07 Å². The van der Waals surface area contributed by atoms with Crippen LogP contribution in [0.2, 0.25) is 0 Å². The largest absolute Gasteiger partial charge is 0.347 e. The first kappa shape index (κ1) is 11.4.